The molecule has 70 valence electrons. The number of ether oxygens (including phenoxy) is 1. The molecule has 2 unspecified atom stereocenters. The van der Waals surface area contributed by atoms with Crippen LogP contribution in [0, 0.1) is 0 Å². The molecular weight excluding hydrogens is 152 g/mol. The van der Waals surface area contributed by atoms with Crippen LogP contribution in [0.2, 0.25) is 0 Å². The summed E-state index contributed by atoms with van der Waals surface area (Å²) in [5.74, 6) is 0. The van der Waals surface area contributed by atoms with Crippen molar-refractivity contribution in [2.24, 2.45) is 0 Å². The third kappa shape index (κ3) is 1.26. The lowest BCUT2D eigenvalue weighted by Gasteiger charge is -2.38. The second-order valence-corrected chi connectivity index (χ2v) is 4.15. The molecule has 0 amide bonds. The van der Waals surface area contributed by atoms with Crippen LogP contribution in [0.3, 0.4) is 0 Å². The van der Waals surface area contributed by atoms with Crippen molar-refractivity contribution in [3.05, 3.63) is 0 Å². The van der Waals surface area contributed by atoms with Gasteiger partial charge in [-0.25, -0.2) is 0 Å². The van der Waals surface area contributed by atoms with E-state index in [1.807, 2.05) is 0 Å². The zero-order chi connectivity index (χ0) is 8.72. The van der Waals surface area contributed by atoms with E-state index in [9.17, 15) is 0 Å². The van der Waals surface area contributed by atoms with Crippen molar-refractivity contribution >= 4 is 0 Å². The van der Waals surface area contributed by atoms with Gasteiger partial charge in [-0.05, 0) is 20.9 Å². The summed E-state index contributed by atoms with van der Waals surface area (Å²) in [6.07, 6.45) is 0.353. The Morgan fingerprint density at radius 3 is 2.67 bits per heavy atom. The molecule has 2 rings (SSSR count). The molecule has 2 aliphatic rings. The van der Waals surface area contributed by atoms with E-state index >= 15 is 0 Å². The Bertz CT molecular complexity index is 158. The summed E-state index contributed by atoms with van der Waals surface area (Å²) in [7, 11) is 2.17. The highest BCUT2D eigenvalue weighted by molar-refractivity contribution is 4.89. The summed E-state index contributed by atoms with van der Waals surface area (Å²) in [4.78, 5) is 4.86. The van der Waals surface area contributed by atoms with Gasteiger partial charge in [-0.1, -0.05) is 0 Å². The van der Waals surface area contributed by atoms with E-state index in [0.717, 1.165) is 13.2 Å². The van der Waals surface area contributed by atoms with Crippen molar-refractivity contribution < 1.29 is 4.74 Å². The number of hydrogen-bond donors (Lipinski definition) is 0. The molecule has 2 bridgehead atoms. The molecule has 2 fully saturated rings. The van der Waals surface area contributed by atoms with Crippen LogP contribution in [0.4, 0.5) is 0 Å². The standard InChI is InChI=1S/C9H18N2O/c1-7(2)11-4-8-6-12-9(5-11)10(8)3/h7-9H,4-6H2,1-3H3. The number of piperazine rings is 1. The first-order valence-corrected chi connectivity index (χ1v) is 4.76. The molecule has 0 aromatic carbocycles. The topological polar surface area (TPSA) is 15.7 Å². The number of rotatable bonds is 1. The van der Waals surface area contributed by atoms with Gasteiger partial charge in [0.15, 0.2) is 0 Å². The highest BCUT2D eigenvalue weighted by Gasteiger charge is 2.38. The van der Waals surface area contributed by atoms with E-state index in [1.165, 1.54) is 6.54 Å². The molecular formula is C9H18N2O. The normalized spacial score (nSPS) is 38.0. The predicted octanol–water partition coefficient (Wildman–Crippen LogP) is 0.367. The quantitative estimate of drug-likeness (QED) is 0.565. The molecule has 2 saturated heterocycles. The van der Waals surface area contributed by atoms with E-state index in [-0.39, 0.29) is 0 Å². The van der Waals surface area contributed by atoms with Gasteiger partial charge in [-0.2, -0.15) is 0 Å². The monoisotopic (exact) mass is 170 g/mol. The van der Waals surface area contributed by atoms with Gasteiger partial charge < -0.3 is 4.74 Å². The van der Waals surface area contributed by atoms with Crippen molar-refractivity contribution in [2.45, 2.75) is 32.2 Å². The molecule has 0 N–H and O–H groups in total. The Kier molecular flexibility index (Phi) is 2.10. The Morgan fingerprint density at radius 1 is 1.33 bits per heavy atom. The van der Waals surface area contributed by atoms with Gasteiger partial charge in [0.05, 0.1) is 6.61 Å². The van der Waals surface area contributed by atoms with Crippen LogP contribution in [-0.4, -0.2) is 54.9 Å². The van der Waals surface area contributed by atoms with Crippen LogP contribution in [0.15, 0.2) is 0 Å². The minimum absolute atomic E-state index is 0.353. The number of fused-ring (bicyclic) bond motifs is 2. The molecule has 2 atom stereocenters. The smallest absolute Gasteiger partial charge is 0.123 e. The number of nitrogens with zero attached hydrogens (tertiary/aromatic N) is 2. The summed E-state index contributed by atoms with van der Waals surface area (Å²) in [6.45, 7) is 7.68. The van der Waals surface area contributed by atoms with Gasteiger partial charge >= 0.3 is 0 Å². The Balaban J connectivity index is 2.02. The highest BCUT2D eigenvalue weighted by atomic mass is 16.5. The maximum Gasteiger partial charge on any atom is 0.123 e. The summed E-state index contributed by atoms with van der Waals surface area (Å²) in [5.41, 5.74) is 0. The molecule has 0 spiro atoms. The Morgan fingerprint density at radius 2 is 2.08 bits per heavy atom. The Labute approximate surface area is 74.3 Å². The van der Waals surface area contributed by atoms with Crippen LogP contribution in [-0.2, 0) is 4.74 Å². The maximum atomic E-state index is 5.65. The van der Waals surface area contributed by atoms with E-state index < -0.39 is 0 Å². The molecule has 2 aliphatic heterocycles. The molecule has 2 heterocycles. The van der Waals surface area contributed by atoms with Gasteiger partial charge in [-0.15, -0.1) is 0 Å². The molecule has 3 heteroatoms. The lowest BCUT2D eigenvalue weighted by molar-refractivity contribution is -0.0156. The second-order valence-electron chi connectivity index (χ2n) is 4.15. The van der Waals surface area contributed by atoms with Crippen LogP contribution in [0.25, 0.3) is 0 Å². The van der Waals surface area contributed by atoms with Crippen LogP contribution < -0.4 is 0 Å². The van der Waals surface area contributed by atoms with Crippen molar-refractivity contribution in [1.82, 2.24) is 9.80 Å². The minimum atomic E-state index is 0.353. The summed E-state index contributed by atoms with van der Waals surface area (Å²) < 4.78 is 5.65. The summed E-state index contributed by atoms with van der Waals surface area (Å²) in [5, 5.41) is 0. The maximum absolute atomic E-state index is 5.65. The van der Waals surface area contributed by atoms with E-state index in [0.29, 0.717) is 18.3 Å². The van der Waals surface area contributed by atoms with Crippen molar-refractivity contribution in [3.8, 4) is 0 Å². The SMILES string of the molecule is CC(C)N1CC2COC(C1)N2C. The second kappa shape index (κ2) is 2.98. The van der Waals surface area contributed by atoms with Gasteiger partial charge in [0.1, 0.15) is 6.23 Å². The van der Waals surface area contributed by atoms with Gasteiger partial charge in [-0.3, -0.25) is 9.80 Å². The average molecular weight is 170 g/mol. The molecule has 0 radical (unpaired) electrons. The van der Waals surface area contributed by atoms with Crippen molar-refractivity contribution in [3.63, 3.8) is 0 Å². The largest absolute Gasteiger partial charge is 0.360 e. The highest BCUT2D eigenvalue weighted by Crippen LogP contribution is 2.23. The molecule has 12 heavy (non-hydrogen) atoms. The van der Waals surface area contributed by atoms with Gasteiger partial charge in [0.25, 0.3) is 0 Å². The molecule has 0 aliphatic carbocycles. The summed E-state index contributed by atoms with van der Waals surface area (Å²) >= 11 is 0. The van der Waals surface area contributed by atoms with Crippen LogP contribution in [0.1, 0.15) is 13.8 Å². The van der Waals surface area contributed by atoms with Gasteiger partial charge in [0, 0.05) is 25.2 Å². The number of likely N-dealkylation sites (N-methyl/N-ethyl adjacent to an activating group) is 1. The fourth-order valence-corrected chi connectivity index (χ4v) is 2.02. The third-order valence-corrected chi connectivity index (χ3v) is 3.08. The lowest BCUT2D eigenvalue weighted by atomic mass is 10.2. The minimum Gasteiger partial charge on any atom is -0.360 e. The predicted molar refractivity (Wildman–Crippen MR) is 48.0 cm³/mol. The molecule has 0 saturated carbocycles. The van der Waals surface area contributed by atoms with E-state index in [4.69, 9.17) is 4.74 Å². The third-order valence-electron chi connectivity index (χ3n) is 3.08. The zero-order valence-corrected chi connectivity index (χ0v) is 8.16. The summed E-state index contributed by atoms with van der Waals surface area (Å²) in [6, 6.07) is 1.29. The first kappa shape index (κ1) is 8.48. The Hall–Kier alpha value is -0.120. The molecule has 0 aromatic heterocycles. The molecule has 3 nitrogen and oxygen atoms in total. The van der Waals surface area contributed by atoms with E-state index in [1.54, 1.807) is 0 Å². The first-order valence-electron chi connectivity index (χ1n) is 4.76. The first-order chi connectivity index (χ1) is 5.68. The fourth-order valence-electron chi connectivity index (χ4n) is 2.02. The van der Waals surface area contributed by atoms with Crippen LogP contribution in [0.5, 0.6) is 0 Å². The van der Waals surface area contributed by atoms with E-state index in [2.05, 4.69) is 30.7 Å². The van der Waals surface area contributed by atoms with Crippen molar-refractivity contribution in [2.75, 3.05) is 26.7 Å². The number of hydrogen-bond acceptors (Lipinski definition) is 3. The lowest BCUT2D eigenvalue weighted by Crippen LogP contribution is -2.54. The van der Waals surface area contributed by atoms with Gasteiger partial charge in [0.2, 0.25) is 0 Å². The average Bonchev–Trinajstić information content (AvgIpc) is 2.30. The van der Waals surface area contributed by atoms with Crippen LogP contribution >= 0.6 is 0 Å². The zero-order valence-electron chi connectivity index (χ0n) is 8.16. The molecule has 0 aromatic rings. The fraction of sp³-hybridized carbons (Fsp3) is 1.00. The van der Waals surface area contributed by atoms with Crippen molar-refractivity contribution in [1.29, 1.82) is 0 Å².